The minimum absolute atomic E-state index is 0.351. The predicted octanol–water partition coefficient (Wildman–Crippen LogP) is 1.31. The van der Waals surface area contributed by atoms with Gasteiger partial charge in [0.2, 0.25) is 0 Å². The Morgan fingerprint density at radius 1 is 1.37 bits per heavy atom. The minimum Gasteiger partial charge on any atom is -0.379 e. The number of nitrogens with zero attached hydrogens (tertiary/aromatic N) is 2. The predicted molar refractivity (Wildman–Crippen MR) is 72.9 cm³/mol. The summed E-state index contributed by atoms with van der Waals surface area (Å²) in [5.74, 6) is 1.01. The second-order valence-corrected chi connectivity index (χ2v) is 4.82. The fourth-order valence-corrected chi connectivity index (χ4v) is 2.39. The van der Waals surface area contributed by atoms with Crippen LogP contribution in [0, 0.1) is 6.92 Å². The molecule has 2 aromatic rings. The van der Waals surface area contributed by atoms with Gasteiger partial charge < -0.3 is 15.0 Å². The van der Waals surface area contributed by atoms with Crippen molar-refractivity contribution in [2.45, 2.75) is 19.4 Å². The Balaban J connectivity index is 1.77. The first-order valence-electron chi connectivity index (χ1n) is 6.60. The number of aromatic nitrogens is 3. The van der Waals surface area contributed by atoms with Crippen molar-refractivity contribution in [3.05, 3.63) is 36.0 Å². The lowest BCUT2D eigenvalue weighted by molar-refractivity contribution is 0.0764. The van der Waals surface area contributed by atoms with Crippen molar-refractivity contribution in [2.75, 3.05) is 19.8 Å². The molecule has 1 unspecified atom stereocenters. The maximum Gasteiger partial charge on any atom is 0.108 e. The maximum absolute atomic E-state index is 5.46. The number of pyridine rings is 1. The summed E-state index contributed by atoms with van der Waals surface area (Å²) in [7, 11) is 0. The van der Waals surface area contributed by atoms with Gasteiger partial charge in [0.05, 0.1) is 18.9 Å². The van der Waals surface area contributed by atoms with E-state index >= 15 is 0 Å². The Hall–Kier alpha value is -1.72. The lowest BCUT2D eigenvalue weighted by atomic mass is 10.2. The van der Waals surface area contributed by atoms with Crippen LogP contribution in [-0.4, -0.2) is 40.8 Å². The van der Waals surface area contributed by atoms with Gasteiger partial charge in [0.1, 0.15) is 5.82 Å². The fourth-order valence-electron chi connectivity index (χ4n) is 2.39. The third-order valence-corrected chi connectivity index (χ3v) is 3.33. The van der Waals surface area contributed by atoms with Crippen molar-refractivity contribution in [2.24, 2.45) is 0 Å². The number of nitrogens with one attached hydrogen (secondary N) is 2. The van der Waals surface area contributed by atoms with E-state index in [9.17, 15) is 0 Å². The molecule has 1 saturated heterocycles. The third-order valence-electron chi connectivity index (χ3n) is 3.33. The van der Waals surface area contributed by atoms with Crippen molar-refractivity contribution in [1.29, 1.82) is 0 Å². The molecule has 19 heavy (non-hydrogen) atoms. The van der Waals surface area contributed by atoms with E-state index in [1.807, 2.05) is 12.1 Å². The van der Waals surface area contributed by atoms with E-state index in [0.717, 1.165) is 49.0 Å². The van der Waals surface area contributed by atoms with Crippen molar-refractivity contribution in [3.8, 4) is 11.3 Å². The van der Waals surface area contributed by atoms with Gasteiger partial charge >= 0.3 is 0 Å². The van der Waals surface area contributed by atoms with Crippen LogP contribution in [0.4, 0.5) is 0 Å². The number of aryl methyl sites for hydroxylation is 1. The molecule has 0 aromatic carbocycles. The topological polar surface area (TPSA) is 62.8 Å². The Morgan fingerprint density at radius 2 is 2.21 bits per heavy atom. The standard InChI is InChI=1S/C14H18N4O/c1-10-14(11-2-4-15-5-3-11)18-13(17-10)8-12-9-19-7-6-16-12/h2-5,12,16H,6-9H2,1H3,(H,17,18). The van der Waals surface area contributed by atoms with Crippen LogP contribution in [0.3, 0.4) is 0 Å². The monoisotopic (exact) mass is 258 g/mol. The number of aromatic amines is 1. The van der Waals surface area contributed by atoms with E-state index < -0.39 is 0 Å². The van der Waals surface area contributed by atoms with Gasteiger partial charge in [-0.3, -0.25) is 4.98 Å². The maximum atomic E-state index is 5.46. The van der Waals surface area contributed by atoms with Crippen LogP contribution in [0.15, 0.2) is 24.5 Å². The first-order chi connectivity index (χ1) is 9.33. The molecular formula is C14H18N4O. The Labute approximate surface area is 112 Å². The van der Waals surface area contributed by atoms with E-state index in [1.165, 1.54) is 0 Å². The number of H-pyrrole nitrogens is 1. The lowest BCUT2D eigenvalue weighted by Crippen LogP contribution is -2.42. The Kier molecular flexibility index (Phi) is 3.57. The number of hydrogen-bond donors (Lipinski definition) is 2. The molecule has 3 heterocycles. The number of ether oxygens (including phenoxy) is 1. The van der Waals surface area contributed by atoms with Crippen LogP contribution < -0.4 is 5.32 Å². The van der Waals surface area contributed by atoms with Crippen molar-refractivity contribution < 1.29 is 4.74 Å². The van der Waals surface area contributed by atoms with E-state index in [1.54, 1.807) is 12.4 Å². The molecule has 1 aliphatic heterocycles. The highest BCUT2D eigenvalue weighted by atomic mass is 16.5. The van der Waals surface area contributed by atoms with Gasteiger partial charge in [-0.2, -0.15) is 0 Å². The molecule has 3 rings (SSSR count). The van der Waals surface area contributed by atoms with Crippen LogP contribution in [0.25, 0.3) is 11.3 Å². The van der Waals surface area contributed by atoms with E-state index in [4.69, 9.17) is 9.72 Å². The smallest absolute Gasteiger partial charge is 0.108 e. The molecule has 0 aliphatic carbocycles. The highest BCUT2D eigenvalue weighted by molar-refractivity contribution is 5.61. The van der Waals surface area contributed by atoms with E-state index in [-0.39, 0.29) is 0 Å². The van der Waals surface area contributed by atoms with E-state index in [0.29, 0.717) is 6.04 Å². The fraction of sp³-hybridized carbons (Fsp3) is 0.429. The largest absolute Gasteiger partial charge is 0.379 e. The summed E-state index contributed by atoms with van der Waals surface area (Å²) in [4.78, 5) is 12.1. The van der Waals surface area contributed by atoms with Gasteiger partial charge in [-0.05, 0) is 19.1 Å². The van der Waals surface area contributed by atoms with Crippen LogP contribution >= 0.6 is 0 Å². The molecule has 0 radical (unpaired) electrons. The van der Waals surface area contributed by atoms with Crippen LogP contribution in [0.2, 0.25) is 0 Å². The second kappa shape index (κ2) is 5.50. The molecule has 0 saturated carbocycles. The minimum atomic E-state index is 0.351. The summed E-state index contributed by atoms with van der Waals surface area (Å²) in [6.45, 7) is 4.53. The van der Waals surface area contributed by atoms with Gasteiger partial charge in [-0.1, -0.05) is 0 Å². The SMILES string of the molecule is Cc1[nH]c(CC2COCCN2)nc1-c1ccncc1. The molecule has 0 amide bonds. The summed E-state index contributed by atoms with van der Waals surface area (Å²) >= 11 is 0. The van der Waals surface area contributed by atoms with Gasteiger partial charge in [0.15, 0.2) is 0 Å². The highest BCUT2D eigenvalue weighted by Gasteiger charge is 2.16. The van der Waals surface area contributed by atoms with Gasteiger partial charge in [-0.25, -0.2) is 4.98 Å². The molecule has 5 heteroatoms. The molecule has 1 aliphatic rings. The zero-order valence-electron chi connectivity index (χ0n) is 11.0. The van der Waals surface area contributed by atoms with Crippen molar-refractivity contribution in [1.82, 2.24) is 20.3 Å². The number of morpholine rings is 1. The Bertz CT molecular complexity index is 532. The lowest BCUT2D eigenvalue weighted by Gasteiger charge is -2.22. The van der Waals surface area contributed by atoms with Gasteiger partial charge in [0.25, 0.3) is 0 Å². The summed E-state index contributed by atoms with van der Waals surface area (Å²) < 4.78 is 5.46. The quantitative estimate of drug-likeness (QED) is 0.871. The Morgan fingerprint density at radius 3 is 2.95 bits per heavy atom. The molecular weight excluding hydrogens is 240 g/mol. The highest BCUT2D eigenvalue weighted by Crippen LogP contribution is 2.20. The molecule has 2 aromatic heterocycles. The molecule has 1 fully saturated rings. The van der Waals surface area contributed by atoms with Crippen LogP contribution in [0.1, 0.15) is 11.5 Å². The van der Waals surface area contributed by atoms with Crippen molar-refractivity contribution >= 4 is 0 Å². The van der Waals surface area contributed by atoms with Crippen molar-refractivity contribution in [3.63, 3.8) is 0 Å². The van der Waals surface area contributed by atoms with Crippen LogP contribution in [0.5, 0.6) is 0 Å². The summed E-state index contributed by atoms with van der Waals surface area (Å²) in [5.41, 5.74) is 3.20. The molecule has 5 nitrogen and oxygen atoms in total. The van der Waals surface area contributed by atoms with Gasteiger partial charge in [0, 0.05) is 42.7 Å². The molecule has 1 atom stereocenters. The average molecular weight is 258 g/mol. The summed E-state index contributed by atoms with van der Waals surface area (Å²) in [5, 5.41) is 3.44. The number of imidazole rings is 1. The molecule has 100 valence electrons. The van der Waals surface area contributed by atoms with Crippen LogP contribution in [-0.2, 0) is 11.2 Å². The first-order valence-corrected chi connectivity index (χ1v) is 6.60. The zero-order chi connectivity index (χ0) is 13.1. The molecule has 0 spiro atoms. The third kappa shape index (κ3) is 2.83. The average Bonchev–Trinajstić information content (AvgIpc) is 2.82. The normalized spacial score (nSPS) is 19.5. The first kappa shape index (κ1) is 12.3. The zero-order valence-corrected chi connectivity index (χ0v) is 11.0. The summed E-state index contributed by atoms with van der Waals surface area (Å²) in [6.07, 6.45) is 4.45. The van der Waals surface area contributed by atoms with E-state index in [2.05, 4.69) is 22.2 Å². The number of rotatable bonds is 3. The molecule has 2 N–H and O–H groups in total. The number of hydrogen-bond acceptors (Lipinski definition) is 4. The second-order valence-electron chi connectivity index (χ2n) is 4.82. The molecule has 0 bridgehead atoms. The van der Waals surface area contributed by atoms with Gasteiger partial charge in [-0.15, -0.1) is 0 Å². The summed E-state index contributed by atoms with van der Waals surface area (Å²) in [6, 6.07) is 4.31.